The Morgan fingerprint density at radius 3 is 2.48 bits per heavy atom. The van der Waals surface area contributed by atoms with Crippen molar-refractivity contribution in [1.29, 1.82) is 0 Å². The summed E-state index contributed by atoms with van der Waals surface area (Å²) in [6.45, 7) is 5.26. The van der Waals surface area contributed by atoms with Crippen LogP contribution in [0.1, 0.15) is 31.2 Å². The van der Waals surface area contributed by atoms with E-state index in [9.17, 15) is 4.79 Å². The molecular weight excluding hydrogens is 440 g/mol. The summed E-state index contributed by atoms with van der Waals surface area (Å²) >= 11 is 5.74. The van der Waals surface area contributed by atoms with Gasteiger partial charge in [0.15, 0.2) is 11.5 Å². The fraction of sp³-hybridized carbons (Fsp3) is 0.520. The molecule has 1 aromatic carbocycles. The van der Waals surface area contributed by atoms with Gasteiger partial charge in [-0.1, -0.05) is 17.7 Å². The summed E-state index contributed by atoms with van der Waals surface area (Å²) in [5, 5.41) is 0.615. The zero-order valence-electron chi connectivity index (χ0n) is 19.6. The van der Waals surface area contributed by atoms with Gasteiger partial charge in [-0.15, -0.1) is 0 Å². The summed E-state index contributed by atoms with van der Waals surface area (Å²) in [6.07, 6.45) is 7.48. The molecule has 2 aliphatic rings. The number of rotatable bonds is 8. The number of halogens is 1. The number of methoxy groups -OCH3 is 2. The van der Waals surface area contributed by atoms with E-state index in [2.05, 4.69) is 22.0 Å². The SMILES string of the molecule is COc1ccc(CCCN2CCCC2)cc1OC.NC(=O)C1CCN(c2ccc(Cl)cn2)C1. The maximum atomic E-state index is 11.0. The predicted octanol–water partition coefficient (Wildman–Crippen LogP) is 3.78. The Hall–Kier alpha value is -2.51. The fourth-order valence-electron chi connectivity index (χ4n) is 4.30. The van der Waals surface area contributed by atoms with Gasteiger partial charge >= 0.3 is 0 Å². The van der Waals surface area contributed by atoms with Crippen LogP contribution in [0.15, 0.2) is 36.5 Å². The Bertz CT molecular complexity index is 888. The van der Waals surface area contributed by atoms with Crippen molar-refractivity contribution in [2.75, 3.05) is 51.8 Å². The van der Waals surface area contributed by atoms with Crippen LogP contribution < -0.4 is 20.1 Å². The van der Waals surface area contributed by atoms with Crippen molar-refractivity contribution in [1.82, 2.24) is 9.88 Å². The molecule has 1 unspecified atom stereocenters. The van der Waals surface area contributed by atoms with E-state index in [-0.39, 0.29) is 11.8 Å². The highest BCUT2D eigenvalue weighted by atomic mass is 35.5. The van der Waals surface area contributed by atoms with Gasteiger partial charge in [-0.25, -0.2) is 4.98 Å². The van der Waals surface area contributed by atoms with Gasteiger partial charge in [0.1, 0.15) is 5.82 Å². The average Bonchev–Trinajstić information content (AvgIpc) is 3.52. The zero-order valence-corrected chi connectivity index (χ0v) is 20.4. The molecule has 0 aliphatic carbocycles. The van der Waals surface area contributed by atoms with Crippen molar-refractivity contribution >= 4 is 23.3 Å². The highest BCUT2D eigenvalue weighted by molar-refractivity contribution is 6.30. The zero-order chi connectivity index (χ0) is 23.6. The van der Waals surface area contributed by atoms with Gasteiger partial charge in [-0.3, -0.25) is 4.79 Å². The lowest BCUT2D eigenvalue weighted by Crippen LogP contribution is -2.27. The Kier molecular flexibility index (Phi) is 9.63. The molecule has 2 N–H and O–H groups in total. The average molecular weight is 475 g/mol. The number of hydrogen-bond donors (Lipinski definition) is 1. The molecule has 0 saturated carbocycles. The molecule has 1 atom stereocenters. The minimum absolute atomic E-state index is 0.0533. The largest absolute Gasteiger partial charge is 0.493 e. The minimum Gasteiger partial charge on any atom is -0.493 e. The summed E-state index contributed by atoms with van der Waals surface area (Å²) < 4.78 is 10.6. The number of anilines is 1. The summed E-state index contributed by atoms with van der Waals surface area (Å²) in [5.41, 5.74) is 6.58. The van der Waals surface area contributed by atoms with E-state index < -0.39 is 0 Å². The lowest BCUT2D eigenvalue weighted by Gasteiger charge is -2.16. The van der Waals surface area contributed by atoms with Gasteiger partial charge in [0.05, 0.1) is 25.2 Å². The number of primary amides is 1. The molecule has 0 spiro atoms. The standard InChI is InChI=1S/C15H23NO2.C10H12ClN3O/c1-17-14-8-7-13(12-15(14)18-2)6-5-11-16-9-3-4-10-16;11-8-1-2-9(13-5-8)14-4-3-7(6-14)10(12)15/h7-8,12H,3-6,9-11H2,1-2H3;1-2,5,7H,3-4,6H2,(H2,12,15). The van der Waals surface area contributed by atoms with E-state index >= 15 is 0 Å². The number of aromatic nitrogens is 1. The van der Waals surface area contributed by atoms with Crippen molar-refractivity contribution in [3.8, 4) is 11.5 Å². The minimum atomic E-state index is -0.230. The van der Waals surface area contributed by atoms with E-state index in [4.69, 9.17) is 26.8 Å². The molecule has 3 heterocycles. The molecule has 2 aliphatic heterocycles. The Labute approximate surface area is 201 Å². The number of aryl methyl sites for hydroxylation is 1. The number of pyridine rings is 1. The van der Waals surface area contributed by atoms with Crippen molar-refractivity contribution < 1.29 is 14.3 Å². The lowest BCUT2D eigenvalue weighted by molar-refractivity contribution is -0.121. The summed E-state index contributed by atoms with van der Waals surface area (Å²) in [6, 6.07) is 9.85. The molecule has 0 bridgehead atoms. The summed E-state index contributed by atoms with van der Waals surface area (Å²) in [7, 11) is 3.36. The maximum absolute atomic E-state index is 11.0. The number of hydrogen-bond acceptors (Lipinski definition) is 6. The van der Waals surface area contributed by atoms with Crippen LogP contribution in [0.4, 0.5) is 5.82 Å². The third-order valence-corrected chi connectivity index (χ3v) is 6.44. The van der Waals surface area contributed by atoms with Crippen LogP contribution in [0, 0.1) is 5.92 Å². The Morgan fingerprint density at radius 2 is 1.88 bits per heavy atom. The van der Waals surface area contributed by atoms with Crippen molar-refractivity contribution in [2.45, 2.75) is 32.1 Å². The molecule has 1 amide bonds. The van der Waals surface area contributed by atoms with Gasteiger partial charge in [-0.05, 0) is 81.6 Å². The molecule has 2 saturated heterocycles. The van der Waals surface area contributed by atoms with E-state index in [0.717, 1.165) is 36.7 Å². The normalized spacial score (nSPS) is 18.0. The van der Waals surface area contributed by atoms with Crippen molar-refractivity contribution in [3.63, 3.8) is 0 Å². The molecule has 0 radical (unpaired) electrons. The monoisotopic (exact) mass is 474 g/mol. The van der Waals surface area contributed by atoms with E-state index in [1.54, 1.807) is 26.5 Å². The van der Waals surface area contributed by atoms with Crippen molar-refractivity contribution in [2.24, 2.45) is 11.7 Å². The molecule has 7 nitrogen and oxygen atoms in total. The van der Waals surface area contributed by atoms with Gasteiger partial charge in [0.25, 0.3) is 0 Å². The van der Waals surface area contributed by atoms with Crippen LogP contribution in [0.3, 0.4) is 0 Å². The van der Waals surface area contributed by atoms with Gasteiger partial charge in [-0.2, -0.15) is 0 Å². The van der Waals surface area contributed by atoms with Crippen LogP contribution in [0.2, 0.25) is 5.02 Å². The number of amides is 1. The number of nitrogens with two attached hydrogens (primary N) is 1. The third-order valence-electron chi connectivity index (χ3n) is 6.21. The highest BCUT2D eigenvalue weighted by Crippen LogP contribution is 2.28. The molecule has 1 aromatic heterocycles. The first-order chi connectivity index (χ1) is 16.0. The van der Waals surface area contributed by atoms with Gasteiger partial charge < -0.3 is 25.0 Å². The molecule has 4 rings (SSSR count). The maximum Gasteiger partial charge on any atom is 0.222 e. The van der Waals surface area contributed by atoms with Gasteiger partial charge in [0.2, 0.25) is 5.91 Å². The van der Waals surface area contributed by atoms with Crippen molar-refractivity contribution in [3.05, 3.63) is 47.1 Å². The fourth-order valence-corrected chi connectivity index (χ4v) is 4.42. The summed E-state index contributed by atoms with van der Waals surface area (Å²) in [4.78, 5) is 19.8. The molecule has 33 heavy (non-hydrogen) atoms. The van der Waals surface area contributed by atoms with Gasteiger partial charge in [0, 0.05) is 19.3 Å². The van der Waals surface area contributed by atoms with Crippen LogP contribution in [0.25, 0.3) is 0 Å². The number of benzene rings is 1. The van der Waals surface area contributed by atoms with Crippen LogP contribution >= 0.6 is 11.6 Å². The Balaban J connectivity index is 0.000000189. The second kappa shape index (κ2) is 12.7. The smallest absolute Gasteiger partial charge is 0.222 e. The van der Waals surface area contributed by atoms with E-state index in [0.29, 0.717) is 11.6 Å². The quantitative estimate of drug-likeness (QED) is 0.627. The van der Waals surface area contributed by atoms with Crippen LogP contribution in [-0.4, -0.2) is 62.7 Å². The predicted molar refractivity (Wildman–Crippen MR) is 132 cm³/mol. The summed E-state index contributed by atoms with van der Waals surface area (Å²) in [5.74, 6) is 2.20. The topological polar surface area (TPSA) is 80.9 Å². The first-order valence-electron chi connectivity index (χ1n) is 11.6. The molecule has 2 aromatic rings. The number of ether oxygens (including phenoxy) is 2. The first kappa shape index (κ1) is 25.1. The van der Waals surface area contributed by atoms with Crippen LogP contribution in [0.5, 0.6) is 11.5 Å². The van der Waals surface area contributed by atoms with E-state index in [1.807, 2.05) is 17.0 Å². The number of nitrogens with zero attached hydrogens (tertiary/aromatic N) is 3. The lowest BCUT2D eigenvalue weighted by atomic mass is 10.1. The van der Waals surface area contributed by atoms with Crippen LogP contribution in [-0.2, 0) is 11.2 Å². The first-order valence-corrected chi connectivity index (χ1v) is 12.0. The second-order valence-corrected chi connectivity index (χ2v) is 8.95. The number of carbonyl (C=O) groups is 1. The number of likely N-dealkylation sites (tertiary alicyclic amines) is 1. The van der Waals surface area contributed by atoms with E-state index in [1.165, 1.54) is 44.5 Å². The molecule has 2 fully saturated rings. The number of carbonyl (C=O) groups excluding carboxylic acids is 1. The molecular formula is C25H35ClN4O3. The molecule has 8 heteroatoms. The second-order valence-electron chi connectivity index (χ2n) is 8.51. The third kappa shape index (κ3) is 7.51. The molecule has 180 valence electrons. The Morgan fingerprint density at radius 1 is 1.12 bits per heavy atom. The highest BCUT2D eigenvalue weighted by Gasteiger charge is 2.27.